The van der Waals surface area contributed by atoms with Crippen molar-refractivity contribution >= 4 is 34.0 Å². The molecule has 2 aliphatic rings. The van der Waals surface area contributed by atoms with Gasteiger partial charge in [-0.1, -0.05) is 0 Å². The molecule has 5 heteroatoms. The Morgan fingerprint density at radius 1 is 1.39 bits per heavy atom. The van der Waals surface area contributed by atoms with Gasteiger partial charge in [-0.05, 0) is 47.9 Å². The molecule has 1 saturated heterocycles. The van der Waals surface area contributed by atoms with E-state index in [-0.39, 0.29) is 5.82 Å². The molecule has 1 saturated carbocycles. The summed E-state index contributed by atoms with van der Waals surface area (Å²) in [5, 5.41) is 0. The van der Waals surface area contributed by atoms with E-state index in [0.717, 1.165) is 25.1 Å². The highest BCUT2D eigenvalue weighted by atomic mass is 127. The van der Waals surface area contributed by atoms with Crippen molar-refractivity contribution in [3.05, 3.63) is 21.5 Å². The second-order valence-corrected chi connectivity index (χ2v) is 6.09. The lowest BCUT2D eigenvalue weighted by atomic mass is 10.1. The molecule has 0 spiro atoms. The summed E-state index contributed by atoms with van der Waals surface area (Å²) < 4.78 is 20.1. The highest BCUT2D eigenvalue weighted by Gasteiger charge is 2.36. The van der Waals surface area contributed by atoms with Gasteiger partial charge in [-0.3, -0.25) is 0 Å². The van der Waals surface area contributed by atoms with Crippen molar-refractivity contribution in [3.8, 4) is 0 Å². The van der Waals surface area contributed by atoms with Gasteiger partial charge in [0.2, 0.25) is 0 Å². The highest BCUT2D eigenvalue weighted by molar-refractivity contribution is 14.1. The Morgan fingerprint density at radius 2 is 2.22 bits per heavy atom. The van der Waals surface area contributed by atoms with Gasteiger partial charge in [0.05, 0.1) is 33.7 Å². The molecule has 2 N–H and O–H groups in total. The van der Waals surface area contributed by atoms with Crippen LogP contribution in [0.5, 0.6) is 0 Å². The number of nitrogens with zero attached hydrogens (tertiary/aromatic N) is 1. The number of morpholine rings is 1. The number of hydrogen-bond donors (Lipinski definition) is 1. The van der Waals surface area contributed by atoms with Crippen LogP contribution in [0.2, 0.25) is 0 Å². The van der Waals surface area contributed by atoms with Crippen molar-refractivity contribution in [2.45, 2.75) is 31.4 Å². The molecule has 2 unspecified atom stereocenters. The van der Waals surface area contributed by atoms with Crippen molar-refractivity contribution < 1.29 is 9.13 Å². The fraction of sp³-hybridized carbons (Fsp3) is 0.538. The second kappa shape index (κ2) is 4.85. The van der Waals surface area contributed by atoms with Crippen molar-refractivity contribution in [2.24, 2.45) is 0 Å². The minimum absolute atomic E-state index is 0.194. The zero-order valence-electron chi connectivity index (χ0n) is 10.0. The smallest absolute Gasteiger partial charge is 0.138 e. The molecule has 1 heterocycles. The quantitative estimate of drug-likeness (QED) is 0.617. The molecular formula is C13H16FIN2O. The first-order valence-corrected chi connectivity index (χ1v) is 7.37. The molecule has 0 radical (unpaired) electrons. The fourth-order valence-corrected chi connectivity index (χ4v) is 3.52. The Balaban J connectivity index is 1.96. The molecule has 98 valence electrons. The number of rotatable bonds is 1. The van der Waals surface area contributed by atoms with Gasteiger partial charge in [0.25, 0.3) is 0 Å². The van der Waals surface area contributed by atoms with E-state index >= 15 is 0 Å². The van der Waals surface area contributed by atoms with Gasteiger partial charge >= 0.3 is 0 Å². The predicted octanol–water partition coefficient (Wildman–Crippen LogP) is 2.77. The van der Waals surface area contributed by atoms with Gasteiger partial charge in [-0.2, -0.15) is 0 Å². The second-order valence-electron chi connectivity index (χ2n) is 4.93. The maximum absolute atomic E-state index is 13.7. The molecule has 1 aromatic rings. The molecular weight excluding hydrogens is 346 g/mol. The van der Waals surface area contributed by atoms with Gasteiger partial charge in [0.15, 0.2) is 0 Å². The summed E-state index contributed by atoms with van der Waals surface area (Å²) in [7, 11) is 0. The van der Waals surface area contributed by atoms with E-state index in [1.54, 1.807) is 12.1 Å². The Labute approximate surface area is 120 Å². The number of hydrogen-bond acceptors (Lipinski definition) is 3. The van der Waals surface area contributed by atoms with Gasteiger partial charge in [0, 0.05) is 12.6 Å². The molecule has 18 heavy (non-hydrogen) atoms. The van der Waals surface area contributed by atoms with Crippen LogP contribution in [-0.2, 0) is 4.74 Å². The normalized spacial score (nSPS) is 27.3. The summed E-state index contributed by atoms with van der Waals surface area (Å²) in [4.78, 5) is 2.23. The van der Waals surface area contributed by atoms with Crippen LogP contribution in [-0.4, -0.2) is 25.3 Å². The number of nitrogens with two attached hydrogens (primary N) is 1. The Bertz CT molecular complexity index is 469. The maximum Gasteiger partial charge on any atom is 0.138 e. The van der Waals surface area contributed by atoms with E-state index in [0.29, 0.717) is 28.0 Å². The molecule has 2 fully saturated rings. The first kappa shape index (κ1) is 12.5. The first-order chi connectivity index (χ1) is 8.66. The van der Waals surface area contributed by atoms with Crippen LogP contribution in [0.4, 0.5) is 15.8 Å². The van der Waals surface area contributed by atoms with E-state index in [4.69, 9.17) is 10.5 Å². The molecule has 0 amide bonds. The van der Waals surface area contributed by atoms with Crippen molar-refractivity contribution in [3.63, 3.8) is 0 Å². The van der Waals surface area contributed by atoms with Crippen LogP contribution >= 0.6 is 22.6 Å². The topological polar surface area (TPSA) is 38.5 Å². The molecule has 2 atom stereocenters. The molecule has 0 bridgehead atoms. The lowest BCUT2D eigenvalue weighted by Gasteiger charge is -2.39. The SMILES string of the molecule is Nc1cc(I)c(F)cc1N1CCOC2CCCC21. The summed E-state index contributed by atoms with van der Waals surface area (Å²) in [5.41, 5.74) is 7.54. The first-order valence-electron chi connectivity index (χ1n) is 6.29. The largest absolute Gasteiger partial charge is 0.397 e. The van der Waals surface area contributed by atoms with Gasteiger partial charge in [-0.25, -0.2) is 4.39 Å². The van der Waals surface area contributed by atoms with E-state index in [1.165, 1.54) is 6.42 Å². The third kappa shape index (κ3) is 2.07. The molecule has 0 aromatic heterocycles. The molecule has 3 nitrogen and oxygen atoms in total. The summed E-state index contributed by atoms with van der Waals surface area (Å²) in [5.74, 6) is -0.194. The number of benzene rings is 1. The number of fused-ring (bicyclic) bond motifs is 1. The zero-order chi connectivity index (χ0) is 12.7. The van der Waals surface area contributed by atoms with Crippen molar-refractivity contribution in [1.82, 2.24) is 0 Å². The summed E-state index contributed by atoms with van der Waals surface area (Å²) in [6.07, 6.45) is 3.69. The van der Waals surface area contributed by atoms with Gasteiger partial charge < -0.3 is 15.4 Å². The van der Waals surface area contributed by atoms with Crippen LogP contribution in [0.3, 0.4) is 0 Å². The van der Waals surface area contributed by atoms with Gasteiger partial charge in [-0.15, -0.1) is 0 Å². The lowest BCUT2D eigenvalue weighted by molar-refractivity contribution is 0.0257. The van der Waals surface area contributed by atoms with Crippen LogP contribution in [0.1, 0.15) is 19.3 Å². The average Bonchev–Trinajstić information content (AvgIpc) is 2.82. The molecule has 3 rings (SSSR count). The Kier molecular flexibility index (Phi) is 3.36. The Morgan fingerprint density at radius 3 is 3.06 bits per heavy atom. The van der Waals surface area contributed by atoms with Crippen molar-refractivity contribution in [1.29, 1.82) is 0 Å². The van der Waals surface area contributed by atoms with E-state index < -0.39 is 0 Å². The van der Waals surface area contributed by atoms with Crippen molar-refractivity contribution in [2.75, 3.05) is 23.8 Å². The highest BCUT2D eigenvalue weighted by Crippen LogP contribution is 2.36. The van der Waals surface area contributed by atoms with Crippen LogP contribution < -0.4 is 10.6 Å². The molecule has 1 aliphatic heterocycles. The predicted molar refractivity (Wildman–Crippen MR) is 78.3 cm³/mol. The maximum atomic E-state index is 13.7. The van der Waals surface area contributed by atoms with E-state index in [2.05, 4.69) is 4.90 Å². The summed E-state index contributed by atoms with van der Waals surface area (Å²) in [6.45, 7) is 1.50. The number of halogens is 2. The van der Waals surface area contributed by atoms with Gasteiger partial charge in [0.1, 0.15) is 5.82 Å². The zero-order valence-corrected chi connectivity index (χ0v) is 12.2. The number of ether oxygens (including phenoxy) is 1. The monoisotopic (exact) mass is 362 g/mol. The summed E-state index contributed by atoms with van der Waals surface area (Å²) >= 11 is 1.97. The van der Waals surface area contributed by atoms with E-state index in [9.17, 15) is 4.39 Å². The van der Waals surface area contributed by atoms with Crippen LogP contribution in [0, 0.1) is 9.39 Å². The molecule has 1 aliphatic carbocycles. The molecule has 1 aromatic carbocycles. The third-order valence-corrected chi connectivity index (χ3v) is 4.69. The van der Waals surface area contributed by atoms with Crippen LogP contribution in [0.25, 0.3) is 0 Å². The standard InChI is InChI=1S/C13H16FIN2O/c14-8-6-12(10(16)7-9(8)15)17-4-5-18-13-3-1-2-11(13)17/h6-7,11,13H,1-5,16H2. The Hall–Kier alpha value is -0.560. The number of anilines is 2. The minimum Gasteiger partial charge on any atom is -0.397 e. The van der Waals surface area contributed by atoms with Crippen LogP contribution in [0.15, 0.2) is 12.1 Å². The number of nitrogen functional groups attached to an aromatic ring is 1. The third-order valence-electron chi connectivity index (χ3n) is 3.86. The fourth-order valence-electron chi connectivity index (χ4n) is 3.03. The summed E-state index contributed by atoms with van der Waals surface area (Å²) in [6, 6.07) is 3.64. The lowest BCUT2D eigenvalue weighted by Crippen LogP contribution is -2.48. The minimum atomic E-state index is -0.194. The average molecular weight is 362 g/mol. The van der Waals surface area contributed by atoms with E-state index in [1.807, 2.05) is 22.6 Å².